The largest absolute Gasteiger partial charge is 0.325 e. The number of nitrogens with one attached hydrogen (secondary N) is 2. The van der Waals surface area contributed by atoms with Gasteiger partial charge in [0.15, 0.2) is 0 Å². The smallest absolute Gasteiger partial charge is 0.240 e. The van der Waals surface area contributed by atoms with E-state index in [0.717, 1.165) is 22.6 Å². The summed E-state index contributed by atoms with van der Waals surface area (Å²) < 4.78 is 30.2. The number of fused-ring (bicyclic) bond motifs is 1. The molecule has 29 heavy (non-hydrogen) atoms. The molecule has 0 saturated heterocycles. The first kappa shape index (κ1) is 19.4. The standard InChI is InChI=1S/C21H22N4O3S/c1-13-18-11-17(9-10-20(18)23-21(13)26)29(27,28)22-12-19-14(2)24-25(15(19)3)16-7-5-4-6-8-16/h4-11,13,22H,12H2,1-3H3,(H,23,26)/t13-/m0/s1. The van der Waals surface area contributed by atoms with Crippen molar-refractivity contribution in [2.75, 3.05) is 5.32 Å². The number of carbonyl (C=O) groups excluding carboxylic acids is 1. The summed E-state index contributed by atoms with van der Waals surface area (Å²) in [5.74, 6) is -0.490. The van der Waals surface area contributed by atoms with E-state index in [0.29, 0.717) is 11.3 Å². The molecule has 0 bridgehead atoms. The van der Waals surface area contributed by atoms with Crippen LogP contribution in [0.25, 0.3) is 5.69 Å². The maximum absolute atomic E-state index is 12.8. The molecular weight excluding hydrogens is 388 g/mol. The molecule has 1 aliphatic rings. The van der Waals surface area contributed by atoms with Gasteiger partial charge in [0, 0.05) is 23.5 Å². The number of sulfonamides is 1. The topological polar surface area (TPSA) is 93.1 Å². The van der Waals surface area contributed by atoms with E-state index in [-0.39, 0.29) is 23.3 Å². The number of aryl methyl sites for hydroxylation is 1. The van der Waals surface area contributed by atoms with Gasteiger partial charge in [0.05, 0.1) is 22.2 Å². The van der Waals surface area contributed by atoms with E-state index in [1.165, 1.54) is 6.07 Å². The molecule has 4 rings (SSSR count). The molecule has 0 spiro atoms. The summed E-state index contributed by atoms with van der Waals surface area (Å²) in [6.07, 6.45) is 0. The SMILES string of the molecule is Cc1nn(-c2ccccc2)c(C)c1CNS(=O)(=O)c1ccc2c(c1)[C@H](C)C(=O)N2. The molecule has 1 amide bonds. The van der Waals surface area contributed by atoms with Crippen molar-refractivity contribution in [1.29, 1.82) is 0 Å². The zero-order valence-corrected chi connectivity index (χ0v) is 17.2. The number of carbonyl (C=O) groups is 1. The first-order chi connectivity index (χ1) is 13.8. The van der Waals surface area contributed by atoms with Gasteiger partial charge in [-0.25, -0.2) is 17.8 Å². The van der Waals surface area contributed by atoms with Crippen LogP contribution in [0.2, 0.25) is 0 Å². The highest BCUT2D eigenvalue weighted by Gasteiger charge is 2.28. The van der Waals surface area contributed by atoms with Gasteiger partial charge >= 0.3 is 0 Å². The van der Waals surface area contributed by atoms with Crippen LogP contribution in [-0.4, -0.2) is 24.1 Å². The number of rotatable bonds is 5. The van der Waals surface area contributed by atoms with Crippen LogP contribution in [-0.2, 0) is 21.4 Å². The number of amides is 1. The van der Waals surface area contributed by atoms with Crippen LogP contribution in [0, 0.1) is 13.8 Å². The Labute approximate surface area is 169 Å². The van der Waals surface area contributed by atoms with Gasteiger partial charge in [-0.1, -0.05) is 18.2 Å². The van der Waals surface area contributed by atoms with Gasteiger partial charge in [-0.2, -0.15) is 5.10 Å². The Balaban J connectivity index is 1.58. The summed E-state index contributed by atoms with van der Waals surface area (Å²) in [7, 11) is -3.74. The zero-order valence-electron chi connectivity index (χ0n) is 16.4. The second-order valence-electron chi connectivity index (χ2n) is 7.18. The third-order valence-electron chi connectivity index (χ3n) is 5.33. The highest BCUT2D eigenvalue weighted by molar-refractivity contribution is 7.89. The van der Waals surface area contributed by atoms with Gasteiger partial charge < -0.3 is 5.32 Å². The van der Waals surface area contributed by atoms with Crippen LogP contribution in [0.1, 0.15) is 35.4 Å². The quantitative estimate of drug-likeness (QED) is 0.676. The van der Waals surface area contributed by atoms with Crippen molar-refractivity contribution in [2.45, 2.75) is 38.1 Å². The van der Waals surface area contributed by atoms with E-state index in [4.69, 9.17) is 0 Å². The Hall–Kier alpha value is -2.97. The van der Waals surface area contributed by atoms with Crippen molar-refractivity contribution in [3.63, 3.8) is 0 Å². The lowest BCUT2D eigenvalue weighted by Crippen LogP contribution is -2.24. The van der Waals surface area contributed by atoms with Crippen molar-refractivity contribution in [3.05, 3.63) is 71.0 Å². The van der Waals surface area contributed by atoms with Crippen molar-refractivity contribution < 1.29 is 13.2 Å². The van der Waals surface area contributed by atoms with Gasteiger partial charge in [-0.05, 0) is 56.7 Å². The molecule has 0 unspecified atom stereocenters. The van der Waals surface area contributed by atoms with Crippen molar-refractivity contribution in [3.8, 4) is 5.69 Å². The number of aromatic nitrogens is 2. The molecular formula is C21H22N4O3S. The summed E-state index contributed by atoms with van der Waals surface area (Å²) in [5, 5.41) is 7.31. The van der Waals surface area contributed by atoms with E-state index < -0.39 is 10.0 Å². The lowest BCUT2D eigenvalue weighted by atomic mass is 10.0. The van der Waals surface area contributed by atoms with Crippen molar-refractivity contribution >= 4 is 21.6 Å². The Kier molecular flexibility index (Phi) is 4.76. The molecule has 8 heteroatoms. The minimum Gasteiger partial charge on any atom is -0.325 e. The fourth-order valence-corrected chi connectivity index (χ4v) is 4.59. The monoisotopic (exact) mass is 410 g/mol. The molecule has 1 aromatic heterocycles. The second kappa shape index (κ2) is 7.13. The molecule has 1 aliphatic heterocycles. The Morgan fingerprint density at radius 1 is 1.14 bits per heavy atom. The Morgan fingerprint density at radius 3 is 2.59 bits per heavy atom. The van der Waals surface area contributed by atoms with Crippen LogP contribution in [0.4, 0.5) is 5.69 Å². The number of nitrogens with zero attached hydrogens (tertiary/aromatic N) is 2. The van der Waals surface area contributed by atoms with Crippen molar-refractivity contribution in [2.24, 2.45) is 0 Å². The average molecular weight is 410 g/mol. The maximum atomic E-state index is 12.8. The molecule has 2 N–H and O–H groups in total. The summed E-state index contributed by atoms with van der Waals surface area (Å²) in [5.41, 5.74) is 4.77. The number of hydrogen-bond acceptors (Lipinski definition) is 4. The van der Waals surface area contributed by atoms with E-state index in [1.807, 2.05) is 48.9 Å². The molecule has 0 saturated carbocycles. The lowest BCUT2D eigenvalue weighted by Gasteiger charge is -2.10. The maximum Gasteiger partial charge on any atom is 0.240 e. The third kappa shape index (κ3) is 3.45. The predicted octanol–water partition coefficient (Wildman–Crippen LogP) is 3.02. The summed E-state index contributed by atoms with van der Waals surface area (Å²) in [6, 6.07) is 14.4. The summed E-state index contributed by atoms with van der Waals surface area (Å²) >= 11 is 0. The van der Waals surface area contributed by atoms with Crippen LogP contribution in [0.15, 0.2) is 53.4 Å². The highest BCUT2D eigenvalue weighted by Crippen LogP contribution is 2.33. The second-order valence-corrected chi connectivity index (χ2v) is 8.95. The molecule has 7 nitrogen and oxygen atoms in total. The molecule has 2 aromatic carbocycles. The number of anilines is 1. The number of para-hydroxylation sites is 1. The minimum absolute atomic E-state index is 0.123. The van der Waals surface area contributed by atoms with Gasteiger partial charge in [0.2, 0.25) is 15.9 Å². The minimum atomic E-state index is -3.74. The van der Waals surface area contributed by atoms with E-state index >= 15 is 0 Å². The van der Waals surface area contributed by atoms with E-state index in [1.54, 1.807) is 19.1 Å². The Morgan fingerprint density at radius 2 is 1.86 bits per heavy atom. The predicted molar refractivity (Wildman–Crippen MR) is 111 cm³/mol. The van der Waals surface area contributed by atoms with E-state index in [2.05, 4.69) is 15.1 Å². The zero-order chi connectivity index (χ0) is 20.8. The molecule has 2 heterocycles. The van der Waals surface area contributed by atoms with Gasteiger partial charge in [0.25, 0.3) is 0 Å². The van der Waals surface area contributed by atoms with Crippen LogP contribution in [0.3, 0.4) is 0 Å². The van der Waals surface area contributed by atoms with Gasteiger partial charge in [0.1, 0.15) is 0 Å². The normalized spacial score (nSPS) is 16.0. The molecule has 0 fully saturated rings. The molecule has 150 valence electrons. The molecule has 0 radical (unpaired) electrons. The van der Waals surface area contributed by atoms with Crippen molar-refractivity contribution in [1.82, 2.24) is 14.5 Å². The fraction of sp³-hybridized carbons (Fsp3) is 0.238. The third-order valence-corrected chi connectivity index (χ3v) is 6.73. The molecule has 3 aromatic rings. The van der Waals surface area contributed by atoms with E-state index in [9.17, 15) is 13.2 Å². The number of hydrogen-bond donors (Lipinski definition) is 2. The highest BCUT2D eigenvalue weighted by atomic mass is 32.2. The van der Waals surface area contributed by atoms with Crippen LogP contribution in [0.5, 0.6) is 0 Å². The first-order valence-corrected chi connectivity index (χ1v) is 10.8. The molecule has 0 aliphatic carbocycles. The van der Waals surface area contributed by atoms with Gasteiger partial charge in [-0.15, -0.1) is 0 Å². The fourth-order valence-electron chi connectivity index (χ4n) is 3.56. The molecule has 1 atom stereocenters. The van der Waals surface area contributed by atoms with Gasteiger partial charge in [-0.3, -0.25) is 4.79 Å². The lowest BCUT2D eigenvalue weighted by molar-refractivity contribution is -0.116. The summed E-state index contributed by atoms with van der Waals surface area (Å²) in [6.45, 7) is 5.68. The first-order valence-electron chi connectivity index (χ1n) is 9.33. The number of benzene rings is 2. The van der Waals surface area contributed by atoms with Crippen LogP contribution < -0.4 is 10.0 Å². The van der Waals surface area contributed by atoms with Crippen LogP contribution >= 0.6 is 0 Å². The summed E-state index contributed by atoms with van der Waals surface area (Å²) in [4.78, 5) is 12.0. The average Bonchev–Trinajstić information content (AvgIpc) is 3.16. The Bertz CT molecular complexity index is 1200.